The number of ether oxygens (including phenoxy) is 2. The van der Waals surface area contributed by atoms with Gasteiger partial charge in [0.15, 0.2) is 0 Å². The second-order valence-corrected chi connectivity index (χ2v) is 3.57. The molecule has 0 unspecified atom stereocenters. The predicted octanol–water partition coefficient (Wildman–Crippen LogP) is 0.433. The zero-order valence-electron chi connectivity index (χ0n) is 18.4. The van der Waals surface area contributed by atoms with Crippen molar-refractivity contribution in [2.75, 3.05) is 66.1 Å². The van der Waals surface area contributed by atoms with Gasteiger partial charge in [-0.05, 0) is 12.8 Å². The first kappa shape index (κ1) is 52.0. The maximum absolute atomic E-state index is 8.17. The molecule has 0 heterocycles. The van der Waals surface area contributed by atoms with Crippen molar-refractivity contribution in [2.45, 2.75) is 40.5 Å². The molecule has 0 saturated carbocycles. The Labute approximate surface area is 221 Å². The van der Waals surface area contributed by atoms with Crippen molar-refractivity contribution in [3.8, 4) is 0 Å². The van der Waals surface area contributed by atoms with Crippen LogP contribution in [0.25, 0.3) is 0 Å². The summed E-state index contributed by atoms with van der Waals surface area (Å²) in [5, 5.41) is 46.8. The molecule has 0 rings (SSSR count). The van der Waals surface area contributed by atoms with Gasteiger partial charge in [-0.25, -0.2) is 0 Å². The Hall–Kier alpha value is 1.78. The van der Waals surface area contributed by atoms with E-state index in [0.717, 1.165) is 26.1 Å². The number of aliphatic hydroxyl groups is 6. The second-order valence-electron chi connectivity index (χ2n) is 3.57. The van der Waals surface area contributed by atoms with E-state index < -0.39 is 0 Å². The summed E-state index contributed by atoms with van der Waals surface area (Å²) in [5.74, 6) is 0. The summed E-state index contributed by atoms with van der Waals surface area (Å²) < 4.78 is 9.76. The summed E-state index contributed by atoms with van der Waals surface area (Å²) in [7, 11) is 0. The van der Waals surface area contributed by atoms with Gasteiger partial charge in [0.05, 0.1) is 52.9 Å². The van der Waals surface area contributed by atoms with E-state index in [0.29, 0.717) is 13.2 Å². The topological polar surface area (TPSA) is 140 Å². The summed E-state index contributed by atoms with van der Waals surface area (Å²) in [6, 6.07) is 0. The average molecular weight is 867 g/mol. The Bertz CT molecular complexity index is 114. The molecular formula is C18H46O8U2-2. The van der Waals surface area contributed by atoms with E-state index in [1.165, 1.54) is 0 Å². The second kappa shape index (κ2) is 89.2. The molecule has 0 aromatic heterocycles. The van der Waals surface area contributed by atoms with Crippen molar-refractivity contribution < 1.29 is 102 Å². The van der Waals surface area contributed by atoms with Gasteiger partial charge in [-0.3, -0.25) is 0 Å². The first-order chi connectivity index (χ1) is 12.7. The molecule has 0 radical (unpaired) electrons. The van der Waals surface area contributed by atoms with Crippen LogP contribution in [0.2, 0.25) is 0 Å². The van der Waals surface area contributed by atoms with E-state index in [2.05, 4.69) is 13.8 Å². The fourth-order valence-electron chi connectivity index (χ4n) is 0.622. The zero-order chi connectivity index (χ0) is 21.9. The average Bonchev–Trinajstić information content (AvgIpc) is 2.72. The summed E-state index contributed by atoms with van der Waals surface area (Å²) in [5.41, 5.74) is 0. The van der Waals surface area contributed by atoms with Gasteiger partial charge in [-0.15, -0.1) is 0 Å². The third-order valence-corrected chi connectivity index (χ3v) is 1.37. The van der Waals surface area contributed by atoms with Gasteiger partial charge >= 0.3 is 0 Å². The number of aliphatic hydroxyl groups excluding tert-OH is 6. The summed E-state index contributed by atoms with van der Waals surface area (Å²) in [6.45, 7) is 16.3. The molecule has 0 aromatic rings. The van der Waals surface area contributed by atoms with E-state index in [1.807, 2.05) is 13.8 Å². The van der Waals surface area contributed by atoms with Crippen LogP contribution in [0.15, 0.2) is 0 Å². The van der Waals surface area contributed by atoms with Gasteiger partial charge in [-0.1, -0.05) is 13.8 Å². The summed E-state index contributed by atoms with van der Waals surface area (Å²) in [6.07, 6.45) is 2.06. The van der Waals surface area contributed by atoms with Crippen LogP contribution in [-0.4, -0.2) is 96.7 Å². The minimum atomic E-state index is -0.125. The van der Waals surface area contributed by atoms with Gasteiger partial charge in [0.2, 0.25) is 0 Å². The van der Waals surface area contributed by atoms with Gasteiger partial charge in [-0.2, -0.15) is 13.8 Å². The Morgan fingerprint density at radius 3 is 0.786 bits per heavy atom. The molecule has 0 aliphatic heterocycles. The third-order valence-electron chi connectivity index (χ3n) is 1.37. The fourth-order valence-corrected chi connectivity index (χ4v) is 0.622. The Kier molecular flexibility index (Phi) is 166. The van der Waals surface area contributed by atoms with Crippen LogP contribution in [0.3, 0.4) is 0 Å². The Balaban J connectivity index is -0.0000000299. The molecular weight excluding hydrogens is 820 g/mol. The first-order valence-corrected chi connectivity index (χ1v) is 8.88. The maximum atomic E-state index is 8.17. The molecule has 28 heavy (non-hydrogen) atoms. The van der Waals surface area contributed by atoms with E-state index in [-0.39, 0.29) is 102 Å². The van der Waals surface area contributed by atoms with Gasteiger partial charge in [0.25, 0.3) is 0 Å². The van der Waals surface area contributed by atoms with Crippen molar-refractivity contribution in [2.24, 2.45) is 0 Å². The zero-order valence-corrected chi connectivity index (χ0v) is 26.7. The minimum Gasteiger partial charge on any atom is -0.394 e. The SMILES string of the molecule is CCCOCCO.CCCOCCO.OCCO.OCCO.[CH2-]C.[CH2-]C.[U].[U]. The first-order valence-electron chi connectivity index (χ1n) is 8.88. The molecule has 10 heteroatoms. The van der Waals surface area contributed by atoms with E-state index in [1.54, 1.807) is 13.8 Å². The smallest absolute Gasteiger partial charge is 0.0697 e. The van der Waals surface area contributed by atoms with Crippen LogP contribution in [0, 0.1) is 76.1 Å². The Morgan fingerprint density at radius 1 is 0.464 bits per heavy atom. The molecule has 6 N–H and O–H groups in total. The molecule has 8 nitrogen and oxygen atoms in total. The fraction of sp³-hybridized carbons (Fsp3) is 0.889. The van der Waals surface area contributed by atoms with E-state index >= 15 is 0 Å². The normalized spacial score (nSPS) is 7.29. The van der Waals surface area contributed by atoms with Gasteiger partial charge in [0, 0.05) is 75.4 Å². The summed E-state index contributed by atoms with van der Waals surface area (Å²) in [4.78, 5) is 0. The monoisotopic (exact) mass is 866 g/mol. The van der Waals surface area contributed by atoms with Crippen LogP contribution in [0.4, 0.5) is 0 Å². The Morgan fingerprint density at radius 2 is 0.679 bits per heavy atom. The van der Waals surface area contributed by atoms with Crippen molar-refractivity contribution in [3.05, 3.63) is 13.8 Å². The van der Waals surface area contributed by atoms with E-state index in [4.69, 9.17) is 40.1 Å². The van der Waals surface area contributed by atoms with Crippen molar-refractivity contribution in [1.29, 1.82) is 0 Å². The molecule has 0 bridgehead atoms. The quantitative estimate of drug-likeness (QED) is 0.138. The largest absolute Gasteiger partial charge is 0.394 e. The molecule has 0 aliphatic rings. The molecule has 0 amide bonds. The van der Waals surface area contributed by atoms with Crippen LogP contribution < -0.4 is 0 Å². The molecule has 0 atom stereocenters. The maximum Gasteiger partial charge on any atom is 0.0697 e. The predicted molar refractivity (Wildman–Crippen MR) is 107 cm³/mol. The van der Waals surface area contributed by atoms with Crippen LogP contribution in [-0.2, 0) is 9.47 Å². The summed E-state index contributed by atoms with van der Waals surface area (Å²) >= 11 is 0. The third kappa shape index (κ3) is 144. The van der Waals surface area contributed by atoms with Gasteiger partial charge in [0.1, 0.15) is 0 Å². The molecule has 176 valence electrons. The van der Waals surface area contributed by atoms with Gasteiger partial charge < -0.3 is 54.0 Å². The molecule has 0 spiro atoms. The van der Waals surface area contributed by atoms with Crippen molar-refractivity contribution >= 4 is 0 Å². The number of rotatable bonds is 10. The molecule has 0 fully saturated rings. The molecule has 0 aromatic carbocycles. The van der Waals surface area contributed by atoms with Crippen LogP contribution in [0.5, 0.6) is 0 Å². The standard InChI is InChI=1S/2C5H12O2.2C2H6O2.2C2H5.2U/c2*1-2-4-7-5-3-6;2*3-1-2-4;2*1-2;;/h2*6H,2-5H2,1H3;2*3-4H,1-2H2;2*1H2,2H3;;/q;;;;2*-1;;. The van der Waals surface area contributed by atoms with Crippen LogP contribution in [0.1, 0.15) is 40.5 Å². The molecule has 0 saturated heterocycles. The molecule has 0 aliphatic carbocycles. The van der Waals surface area contributed by atoms with Crippen molar-refractivity contribution in [3.63, 3.8) is 0 Å². The van der Waals surface area contributed by atoms with Crippen LogP contribution >= 0.6 is 0 Å². The van der Waals surface area contributed by atoms with E-state index in [9.17, 15) is 0 Å². The van der Waals surface area contributed by atoms with Crippen molar-refractivity contribution in [1.82, 2.24) is 0 Å². The number of hydrogen-bond acceptors (Lipinski definition) is 8. The minimum absolute atomic E-state index is 0. The number of hydrogen-bond donors (Lipinski definition) is 6.